The highest BCUT2D eigenvalue weighted by Gasteiger charge is 2.31. The highest BCUT2D eigenvalue weighted by Crippen LogP contribution is 2.34. The topological polar surface area (TPSA) is 84.9 Å². The number of aliphatic hydroxyl groups is 1. The first-order valence-electron chi connectivity index (χ1n) is 7.30. The van der Waals surface area contributed by atoms with Crippen LogP contribution in [0.2, 0.25) is 0 Å². The van der Waals surface area contributed by atoms with E-state index in [1.54, 1.807) is 32.0 Å². The number of benzene rings is 1. The van der Waals surface area contributed by atoms with E-state index < -0.39 is 18.0 Å². The van der Waals surface area contributed by atoms with Crippen LogP contribution in [0.15, 0.2) is 28.4 Å². The summed E-state index contributed by atoms with van der Waals surface area (Å²) in [6, 6.07) is 4.42. The van der Waals surface area contributed by atoms with Crippen LogP contribution in [-0.4, -0.2) is 36.3 Å². The molecule has 1 aromatic carbocycles. The van der Waals surface area contributed by atoms with Crippen molar-refractivity contribution >= 4 is 39.1 Å². The molecule has 7 heteroatoms. The second-order valence-corrected chi connectivity index (χ2v) is 5.80. The van der Waals surface area contributed by atoms with Crippen molar-refractivity contribution in [2.45, 2.75) is 26.3 Å². The predicted molar refractivity (Wildman–Crippen MR) is 89.0 cm³/mol. The van der Waals surface area contributed by atoms with Crippen molar-refractivity contribution in [3.05, 3.63) is 34.0 Å². The van der Waals surface area contributed by atoms with Crippen molar-refractivity contribution in [2.75, 3.05) is 18.5 Å². The molecule has 0 saturated carbocycles. The van der Waals surface area contributed by atoms with Crippen LogP contribution in [0.4, 0.5) is 5.69 Å². The normalized spacial score (nSPS) is 16.9. The molecule has 23 heavy (non-hydrogen) atoms. The van der Waals surface area contributed by atoms with Crippen molar-refractivity contribution in [3.63, 3.8) is 0 Å². The Morgan fingerprint density at radius 3 is 2.65 bits per heavy atom. The largest absolute Gasteiger partial charge is 0.511 e. The zero-order valence-electron chi connectivity index (χ0n) is 12.9. The van der Waals surface area contributed by atoms with Gasteiger partial charge in [0.25, 0.3) is 0 Å². The molecule has 1 heterocycles. The zero-order chi connectivity index (χ0) is 17.0. The van der Waals surface area contributed by atoms with Crippen LogP contribution in [0, 0.1) is 0 Å². The lowest BCUT2D eigenvalue weighted by molar-refractivity contribution is -0.144. The number of fused-ring (bicyclic) bond motifs is 1. The quantitative estimate of drug-likeness (QED) is 0.777. The van der Waals surface area contributed by atoms with Crippen molar-refractivity contribution in [1.82, 2.24) is 0 Å². The van der Waals surface area contributed by atoms with E-state index in [1.165, 1.54) is 0 Å². The first-order chi connectivity index (χ1) is 11.0. The number of rotatable bonds is 4. The molecule has 1 atom stereocenters. The van der Waals surface area contributed by atoms with E-state index in [9.17, 15) is 14.7 Å². The van der Waals surface area contributed by atoms with Gasteiger partial charge in [0.1, 0.15) is 17.4 Å². The minimum absolute atomic E-state index is 0.0563. The molecule has 0 unspecified atom stereocenters. The lowest BCUT2D eigenvalue weighted by atomic mass is 10.0. The average Bonchev–Trinajstić information content (AvgIpc) is 2.63. The van der Waals surface area contributed by atoms with E-state index in [-0.39, 0.29) is 31.0 Å². The van der Waals surface area contributed by atoms with E-state index >= 15 is 0 Å². The molecule has 2 N–H and O–H groups in total. The molecular formula is C16H18BrNO5. The molecule has 1 aliphatic heterocycles. The van der Waals surface area contributed by atoms with Crippen LogP contribution in [0.5, 0.6) is 0 Å². The summed E-state index contributed by atoms with van der Waals surface area (Å²) in [6.45, 7) is 3.82. The number of hydrogen-bond donors (Lipinski definition) is 2. The summed E-state index contributed by atoms with van der Waals surface area (Å²) in [4.78, 5) is 24.3. The Morgan fingerprint density at radius 2 is 2.00 bits per heavy atom. The minimum atomic E-state index is -0.776. The van der Waals surface area contributed by atoms with Gasteiger partial charge in [-0.1, -0.05) is 15.9 Å². The molecule has 1 aliphatic rings. The van der Waals surface area contributed by atoms with Crippen LogP contribution < -0.4 is 5.32 Å². The van der Waals surface area contributed by atoms with E-state index in [4.69, 9.17) is 9.47 Å². The van der Waals surface area contributed by atoms with Gasteiger partial charge in [-0.25, -0.2) is 9.59 Å². The van der Waals surface area contributed by atoms with Crippen LogP contribution >= 0.6 is 15.9 Å². The smallest absolute Gasteiger partial charge is 0.342 e. The summed E-state index contributed by atoms with van der Waals surface area (Å²) >= 11 is 3.34. The Bertz CT molecular complexity index is 656. The third-order valence-corrected chi connectivity index (χ3v) is 3.81. The monoisotopic (exact) mass is 383 g/mol. The van der Waals surface area contributed by atoms with Gasteiger partial charge in [0, 0.05) is 22.1 Å². The maximum absolute atomic E-state index is 12.2. The second kappa shape index (κ2) is 7.50. The lowest BCUT2D eigenvalue weighted by Gasteiger charge is -2.16. The molecule has 0 saturated heterocycles. The third-order valence-electron chi connectivity index (χ3n) is 3.32. The molecule has 0 bridgehead atoms. The number of aliphatic hydroxyl groups excluding tert-OH is 1. The van der Waals surface area contributed by atoms with Gasteiger partial charge in [-0.2, -0.15) is 0 Å². The molecule has 0 radical (unpaired) electrons. The molecule has 0 amide bonds. The maximum Gasteiger partial charge on any atom is 0.342 e. The Morgan fingerprint density at radius 1 is 1.30 bits per heavy atom. The summed E-state index contributed by atoms with van der Waals surface area (Å²) in [5.41, 5.74) is 1.09. The number of nitrogens with one attached hydrogen (secondary N) is 1. The standard InChI is InChI=1S/C16H18BrNO5/c1-3-22-15(20)12-8-13(19)14(16(21)23-4-2)10-7-9(17)5-6-11(10)18-12/h5-7,12,18-19H,3-4,8H2,1-2H3/t12-/m1/s1. The molecule has 6 nitrogen and oxygen atoms in total. The van der Waals surface area contributed by atoms with Gasteiger partial charge in [0.05, 0.1) is 13.2 Å². The number of hydrogen-bond acceptors (Lipinski definition) is 6. The van der Waals surface area contributed by atoms with E-state index in [1.807, 2.05) is 0 Å². The van der Waals surface area contributed by atoms with Crippen molar-refractivity contribution < 1.29 is 24.2 Å². The molecule has 2 rings (SSSR count). The van der Waals surface area contributed by atoms with Gasteiger partial charge < -0.3 is 19.9 Å². The Hall–Kier alpha value is -2.02. The first-order valence-corrected chi connectivity index (χ1v) is 8.09. The Labute approximate surface area is 142 Å². The Kier molecular flexibility index (Phi) is 5.65. The predicted octanol–water partition coefficient (Wildman–Crippen LogP) is 3.03. The summed E-state index contributed by atoms with van der Waals surface area (Å²) < 4.78 is 10.8. The SMILES string of the molecule is CCOC(=O)C1=C(O)C[C@H](C(=O)OCC)Nc2ccc(Br)cc21. The molecule has 0 aromatic heterocycles. The van der Waals surface area contributed by atoms with Gasteiger partial charge >= 0.3 is 11.9 Å². The summed E-state index contributed by atoms with van der Waals surface area (Å²) in [7, 11) is 0. The number of halogens is 1. The van der Waals surface area contributed by atoms with Crippen LogP contribution in [0.3, 0.4) is 0 Å². The summed E-state index contributed by atoms with van der Waals surface area (Å²) in [6.07, 6.45) is -0.0563. The number of esters is 2. The average molecular weight is 384 g/mol. The molecule has 1 aromatic rings. The third kappa shape index (κ3) is 3.85. The van der Waals surface area contributed by atoms with E-state index in [2.05, 4.69) is 21.2 Å². The minimum Gasteiger partial charge on any atom is -0.511 e. The highest BCUT2D eigenvalue weighted by atomic mass is 79.9. The lowest BCUT2D eigenvalue weighted by Crippen LogP contribution is -2.31. The van der Waals surface area contributed by atoms with E-state index in [0.717, 1.165) is 4.47 Å². The molecule has 0 aliphatic carbocycles. The van der Waals surface area contributed by atoms with Crippen LogP contribution in [0.25, 0.3) is 5.57 Å². The van der Waals surface area contributed by atoms with Gasteiger partial charge in [0.2, 0.25) is 0 Å². The Balaban J connectivity index is 2.51. The summed E-state index contributed by atoms with van der Waals surface area (Å²) in [5.74, 6) is -1.32. The highest BCUT2D eigenvalue weighted by molar-refractivity contribution is 9.10. The fourth-order valence-electron chi connectivity index (χ4n) is 2.35. The van der Waals surface area contributed by atoms with Gasteiger partial charge in [-0.3, -0.25) is 0 Å². The van der Waals surface area contributed by atoms with Gasteiger partial charge in [0.15, 0.2) is 0 Å². The number of carbonyl (C=O) groups is 2. The van der Waals surface area contributed by atoms with E-state index in [0.29, 0.717) is 11.3 Å². The van der Waals surface area contributed by atoms with Crippen molar-refractivity contribution in [1.29, 1.82) is 0 Å². The van der Waals surface area contributed by atoms with Crippen LogP contribution in [-0.2, 0) is 19.1 Å². The van der Waals surface area contributed by atoms with Crippen molar-refractivity contribution in [3.8, 4) is 0 Å². The van der Waals surface area contributed by atoms with Crippen molar-refractivity contribution in [2.24, 2.45) is 0 Å². The fourth-order valence-corrected chi connectivity index (χ4v) is 2.72. The fraction of sp³-hybridized carbons (Fsp3) is 0.375. The number of carbonyl (C=O) groups excluding carboxylic acids is 2. The van der Waals surface area contributed by atoms with Gasteiger partial charge in [-0.05, 0) is 32.0 Å². The second-order valence-electron chi connectivity index (χ2n) is 4.89. The molecule has 124 valence electrons. The first kappa shape index (κ1) is 17.3. The van der Waals surface area contributed by atoms with Crippen LogP contribution in [0.1, 0.15) is 25.8 Å². The number of anilines is 1. The molecule has 0 fully saturated rings. The number of ether oxygens (including phenoxy) is 2. The van der Waals surface area contributed by atoms with Gasteiger partial charge in [-0.15, -0.1) is 0 Å². The maximum atomic E-state index is 12.2. The summed E-state index contributed by atoms with van der Waals surface area (Å²) in [5, 5.41) is 13.4. The molecular weight excluding hydrogens is 366 g/mol. The molecule has 0 spiro atoms. The zero-order valence-corrected chi connectivity index (χ0v) is 14.5.